The van der Waals surface area contributed by atoms with Gasteiger partial charge in [-0.15, -0.1) is 12.4 Å². The van der Waals surface area contributed by atoms with Gasteiger partial charge in [-0.1, -0.05) is 18.2 Å². The molecule has 1 heterocycles. The van der Waals surface area contributed by atoms with E-state index in [1.807, 2.05) is 40.1 Å². The number of piperazine rings is 1. The Morgan fingerprint density at radius 2 is 1.63 bits per heavy atom. The van der Waals surface area contributed by atoms with Crippen molar-refractivity contribution in [1.82, 2.24) is 9.80 Å². The maximum Gasteiger partial charge on any atom is 0.284 e. The lowest BCUT2D eigenvalue weighted by Crippen LogP contribution is -2.50. The molecule has 0 aliphatic carbocycles. The van der Waals surface area contributed by atoms with Crippen molar-refractivity contribution in [2.24, 2.45) is 0 Å². The number of carbonyl (C=O) groups excluding carboxylic acids is 1. The molecule has 1 N–H and O–H groups in total. The smallest absolute Gasteiger partial charge is 0.284 e. The predicted octanol–water partition coefficient (Wildman–Crippen LogP) is 1.45. The van der Waals surface area contributed by atoms with E-state index in [1.165, 1.54) is 7.11 Å². The second-order valence-electron chi connectivity index (χ2n) is 4.15. The molecule has 1 fully saturated rings. The molecule has 0 saturated carbocycles. The highest BCUT2D eigenvalue weighted by Crippen LogP contribution is 2.08. The summed E-state index contributed by atoms with van der Waals surface area (Å²) in [6, 6.07) is 9.45. The summed E-state index contributed by atoms with van der Waals surface area (Å²) in [5.74, 6) is 0.0548. The van der Waals surface area contributed by atoms with Gasteiger partial charge in [-0.05, 0) is 12.1 Å². The molecule has 0 aromatic heterocycles. The number of methoxy groups -OCH3 is 1. The number of benzene rings is 1. The third-order valence-electron chi connectivity index (χ3n) is 3.07. The van der Waals surface area contributed by atoms with Gasteiger partial charge in [0.2, 0.25) is 0 Å². The first-order valence-corrected chi connectivity index (χ1v) is 5.94. The standard InChI is InChI=1S/C13H17N3O2.ClH/c1-18-13(14)16-9-7-15(8-10-16)12(17)11-5-3-2-4-6-11;/h2-6,14H,7-10H2,1H3;1H. The summed E-state index contributed by atoms with van der Waals surface area (Å²) >= 11 is 0. The summed E-state index contributed by atoms with van der Waals surface area (Å²) in [6.45, 7) is 2.54. The number of amides is 1. The van der Waals surface area contributed by atoms with E-state index in [0.717, 1.165) is 0 Å². The molecule has 1 aliphatic heterocycles. The summed E-state index contributed by atoms with van der Waals surface area (Å²) in [5.41, 5.74) is 0.716. The van der Waals surface area contributed by atoms with Crippen LogP contribution in [0.5, 0.6) is 0 Å². The van der Waals surface area contributed by atoms with Gasteiger partial charge < -0.3 is 14.5 Å². The van der Waals surface area contributed by atoms with Crippen LogP contribution in [0.3, 0.4) is 0 Å². The number of hydrogen-bond donors (Lipinski definition) is 1. The monoisotopic (exact) mass is 283 g/mol. The Labute approximate surface area is 119 Å². The summed E-state index contributed by atoms with van der Waals surface area (Å²) in [6.07, 6.45) is 0. The van der Waals surface area contributed by atoms with E-state index >= 15 is 0 Å². The lowest BCUT2D eigenvalue weighted by molar-refractivity contribution is 0.0674. The zero-order chi connectivity index (χ0) is 13.0. The number of hydrogen-bond acceptors (Lipinski definition) is 3. The zero-order valence-electron chi connectivity index (χ0n) is 10.8. The van der Waals surface area contributed by atoms with E-state index in [9.17, 15) is 4.79 Å². The quantitative estimate of drug-likeness (QED) is 0.627. The first-order valence-electron chi connectivity index (χ1n) is 5.94. The topological polar surface area (TPSA) is 56.6 Å². The molecule has 1 aliphatic rings. The fourth-order valence-electron chi connectivity index (χ4n) is 2.01. The Bertz CT molecular complexity index is 431. The fraction of sp³-hybridized carbons (Fsp3) is 0.385. The molecule has 1 amide bonds. The second-order valence-corrected chi connectivity index (χ2v) is 4.15. The summed E-state index contributed by atoms with van der Waals surface area (Å²) in [4.78, 5) is 15.8. The van der Waals surface area contributed by atoms with E-state index in [0.29, 0.717) is 31.7 Å². The molecule has 0 spiro atoms. The molecule has 0 radical (unpaired) electrons. The number of rotatable bonds is 1. The Balaban J connectivity index is 0.00000180. The summed E-state index contributed by atoms with van der Waals surface area (Å²) < 4.78 is 4.88. The van der Waals surface area contributed by atoms with Gasteiger partial charge in [0.25, 0.3) is 11.9 Å². The maximum atomic E-state index is 12.2. The number of ether oxygens (including phenoxy) is 1. The van der Waals surface area contributed by atoms with Crippen LogP contribution in [0.1, 0.15) is 10.4 Å². The van der Waals surface area contributed by atoms with Gasteiger partial charge in [-0.2, -0.15) is 0 Å². The number of halogens is 1. The van der Waals surface area contributed by atoms with Crippen molar-refractivity contribution in [3.63, 3.8) is 0 Å². The molecule has 104 valence electrons. The Morgan fingerprint density at radius 3 is 2.16 bits per heavy atom. The number of carbonyl (C=O) groups is 1. The highest BCUT2D eigenvalue weighted by molar-refractivity contribution is 5.94. The van der Waals surface area contributed by atoms with E-state index < -0.39 is 0 Å². The maximum absolute atomic E-state index is 12.2. The normalized spacial score (nSPS) is 14.6. The first kappa shape index (κ1) is 15.3. The average molecular weight is 284 g/mol. The molecule has 0 unspecified atom stereocenters. The Morgan fingerprint density at radius 1 is 1.11 bits per heavy atom. The Hall–Kier alpha value is -1.75. The highest BCUT2D eigenvalue weighted by atomic mass is 35.5. The van der Waals surface area contributed by atoms with Crippen molar-refractivity contribution < 1.29 is 9.53 Å². The van der Waals surface area contributed by atoms with Gasteiger partial charge in [0.05, 0.1) is 7.11 Å². The third kappa shape index (κ3) is 3.61. The minimum absolute atomic E-state index is 0. The summed E-state index contributed by atoms with van der Waals surface area (Å²) in [7, 11) is 1.49. The van der Waals surface area contributed by atoms with Crippen molar-refractivity contribution in [2.75, 3.05) is 33.3 Å². The van der Waals surface area contributed by atoms with Crippen LogP contribution in [-0.2, 0) is 4.74 Å². The predicted molar refractivity (Wildman–Crippen MR) is 75.9 cm³/mol. The molecule has 1 saturated heterocycles. The molecule has 6 heteroatoms. The van der Waals surface area contributed by atoms with Gasteiger partial charge in [-0.3, -0.25) is 10.2 Å². The van der Waals surface area contributed by atoms with Crippen molar-refractivity contribution in [1.29, 1.82) is 5.41 Å². The van der Waals surface area contributed by atoms with Crippen LogP contribution in [-0.4, -0.2) is 55.0 Å². The lowest BCUT2D eigenvalue weighted by atomic mass is 10.2. The molecular weight excluding hydrogens is 266 g/mol. The molecule has 0 bridgehead atoms. The first-order chi connectivity index (χ1) is 8.72. The zero-order valence-corrected chi connectivity index (χ0v) is 11.7. The van der Waals surface area contributed by atoms with Crippen LogP contribution < -0.4 is 0 Å². The average Bonchev–Trinajstić information content (AvgIpc) is 2.47. The molecule has 1 aromatic rings. The number of nitrogens with one attached hydrogen (secondary N) is 1. The molecule has 5 nitrogen and oxygen atoms in total. The van der Waals surface area contributed by atoms with Gasteiger partial charge in [0.15, 0.2) is 0 Å². The van der Waals surface area contributed by atoms with Crippen LogP contribution in [0.4, 0.5) is 0 Å². The van der Waals surface area contributed by atoms with Crippen LogP contribution in [0, 0.1) is 5.41 Å². The van der Waals surface area contributed by atoms with Crippen LogP contribution in [0.25, 0.3) is 0 Å². The molecular formula is C13H18ClN3O2. The highest BCUT2D eigenvalue weighted by Gasteiger charge is 2.23. The second kappa shape index (κ2) is 6.99. The van der Waals surface area contributed by atoms with Crippen LogP contribution >= 0.6 is 12.4 Å². The van der Waals surface area contributed by atoms with Gasteiger partial charge >= 0.3 is 0 Å². The van der Waals surface area contributed by atoms with E-state index in [4.69, 9.17) is 10.1 Å². The Kier molecular flexibility index (Phi) is 5.63. The third-order valence-corrected chi connectivity index (χ3v) is 3.07. The van der Waals surface area contributed by atoms with Crippen molar-refractivity contribution in [2.45, 2.75) is 0 Å². The van der Waals surface area contributed by atoms with Crippen molar-refractivity contribution in [3.05, 3.63) is 35.9 Å². The fourth-order valence-corrected chi connectivity index (χ4v) is 2.01. The van der Waals surface area contributed by atoms with Crippen molar-refractivity contribution >= 4 is 24.3 Å². The lowest BCUT2D eigenvalue weighted by Gasteiger charge is -2.35. The van der Waals surface area contributed by atoms with Gasteiger partial charge in [0, 0.05) is 31.7 Å². The van der Waals surface area contributed by atoms with Gasteiger partial charge in [0.1, 0.15) is 0 Å². The number of amidine groups is 1. The van der Waals surface area contributed by atoms with Gasteiger partial charge in [-0.25, -0.2) is 0 Å². The molecule has 1 aromatic carbocycles. The molecule has 2 rings (SSSR count). The van der Waals surface area contributed by atoms with E-state index in [2.05, 4.69) is 0 Å². The van der Waals surface area contributed by atoms with E-state index in [-0.39, 0.29) is 24.3 Å². The number of nitrogens with zero attached hydrogens (tertiary/aromatic N) is 2. The minimum atomic E-state index is 0. The SMILES string of the molecule is COC(=N)N1CCN(C(=O)c2ccccc2)CC1.Cl. The molecule has 0 atom stereocenters. The van der Waals surface area contributed by atoms with Crippen molar-refractivity contribution in [3.8, 4) is 0 Å². The minimum Gasteiger partial charge on any atom is -0.469 e. The molecule has 19 heavy (non-hydrogen) atoms. The van der Waals surface area contributed by atoms with E-state index in [1.54, 1.807) is 0 Å². The van der Waals surface area contributed by atoms with Crippen LogP contribution in [0.15, 0.2) is 30.3 Å². The largest absolute Gasteiger partial charge is 0.469 e. The summed E-state index contributed by atoms with van der Waals surface area (Å²) in [5, 5.41) is 7.57. The van der Waals surface area contributed by atoms with Crippen LogP contribution in [0.2, 0.25) is 0 Å².